The summed E-state index contributed by atoms with van der Waals surface area (Å²) in [6.07, 6.45) is 0. The van der Waals surface area contributed by atoms with E-state index in [1.165, 1.54) is 0 Å². The van der Waals surface area contributed by atoms with Gasteiger partial charge >= 0.3 is 6.03 Å². The number of amides is 2. The predicted molar refractivity (Wildman–Crippen MR) is 57.5 cm³/mol. The molecule has 1 rings (SSSR count). The van der Waals surface area contributed by atoms with Crippen LogP contribution in [-0.4, -0.2) is 6.03 Å². The second-order valence-corrected chi connectivity index (χ2v) is 3.41. The Morgan fingerprint density at radius 3 is 2.62 bits per heavy atom. The fraction of sp³-hybridized carbons (Fsp3) is 0. The number of benzene rings is 1. The van der Waals surface area contributed by atoms with Crippen LogP contribution in [0.15, 0.2) is 18.2 Å². The maximum Gasteiger partial charge on any atom is 0.329 e. The van der Waals surface area contributed by atoms with Crippen LogP contribution in [0.3, 0.4) is 0 Å². The summed E-state index contributed by atoms with van der Waals surface area (Å²) in [7, 11) is 0. The molecule has 2 N–H and O–H groups in total. The highest BCUT2D eigenvalue weighted by Gasteiger charge is 2.13. The number of urea groups is 1. The van der Waals surface area contributed by atoms with Gasteiger partial charge in [0.25, 0.3) is 0 Å². The standard InChI is InChI=1S/C7H6Cl2N2OS/c8-4-2-1-3-5(6(4)9)11(13)7(10)12/h1-3,13H,(H2,10,12). The molecule has 0 bridgehead atoms. The number of nitrogens with zero attached hydrogens (tertiary/aromatic N) is 1. The minimum atomic E-state index is -0.715. The van der Waals surface area contributed by atoms with E-state index < -0.39 is 6.03 Å². The van der Waals surface area contributed by atoms with Crippen LogP contribution in [-0.2, 0) is 0 Å². The van der Waals surface area contributed by atoms with Crippen LogP contribution in [0.5, 0.6) is 0 Å². The van der Waals surface area contributed by atoms with Gasteiger partial charge < -0.3 is 5.73 Å². The van der Waals surface area contributed by atoms with E-state index in [-0.39, 0.29) is 5.02 Å². The molecule has 13 heavy (non-hydrogen) atoms. The molecule has 70 valence electrons. The van der Waals surface area contributed by atoms with Gasteiger partial charge in [0.1, 0.15) is 0 Å². The summed E-state index contributed by atoms with van der Waals surface area (Å²) in [5, 5.41) is 0.595. The van der Waals surface area contributed by atoms with E-state index in [1.807, 2.05) is 0 Å². The third kappa shape index (κ3) is 2.21. The highest BCUT2D eigenvalue weighted by atomic mass is 35.5. The molecule has 0 heterocycles. The smallest absolute Gasteiger partial charge is 0.329 e. The minimum Gasteiger partial charge on any atom is -0.350 e. The summed E-state index contributed by atoms with van der Waals surface area (Å²) in [5.41, 5.74) is 5.36. The topological polar surface area (TPSA) is 46.3 Å². The fourth-order valence-corrected chi connectivity index (χ4v) is 1.38. The van der Waals surface area contributed by atoms with Crippen molar-refractivity contribution >= 4 is 47.7 Å². The maximum absolute atomic E-state index is 10.7. The summed E-state index contributed by atoms with van der Waals surface area (Å²) in [6.45, 7) is 0. The number of nitrogens with two attached hydrogens (primary N) is 1. The second-order valence-electron chi connectivity index (χ2n) is 2.22. The summed E-state index contributed by atoms with van der Waals surface area (Å²) in [5.74, 6) is 0. The van der Waals surface area contributed by atoms with Gasteiger partial charge in [0, 0.05) is 0 Å². The van der Waals surface area contributed by atoms with Crippen LogP contribution < -0.4 is 10.0 Å². The van der Waals surface area contributed by atoms with Crippen molar-refractivity contribution in [2.45, 2.75) is 0 Å². The molecule has 1 aromatic rings. The maximum atomic E-state index is 10.7. The molecule has 0 fully saturated rings. The van der Waals surface area contributed by atoms with E-state index in [2.05, 4.69) is 12.8 Å². The van der Waals surface area contributed by atoms with Crippen molar-refractivity contribution in [1.82, 2.24) is 0 Å². The van der Waals surface area contributed by atoms with Gasteiger partial charge in [-0.25, -0.2) is 9.10 Å². The Morgan fingerprint density at radius 1 is 1.46 bits per heavy atom. The van der Waals surface area contributed by atoms with Crippen LogP contribution >= 0.6 is 36.0 Å². The van der Waals surface area contributed by atoms with Gasteiger partial charge in [-0.05, 0) is 12.1 Å². The van der Waals surface area contributed by atoms with Gasteiger partial charge in [-0.2, -0.15) is 0 Å². The molecular weight excluding hydrogens is 231 g/mol. The number of thiol groups is 1. The minimum absolute atomic E-state index is 0.248. The monoisotopic (exact) mass is 236 g/mol. The van der Waals surface area contributed by atoms with Crippen LogP contribution in [0, 0.1) is 0 Å². The average Bonchev–Trinajstić information content (AvgIpc) is 2.08. The first-order valence-electron chi connectivity index (χ1n) is 3.26. The number of carbonyl (C=O) groups excluding carboxylic acids is 1. The van der Waals surface area contributed by atoms with E-state index in [4.69, 9.17) is 28.9 Å². The van der Waals surface area contributed by atoms with E-state index in [0.29, 0.717) is 10.7 Å². The zero-order chi connectivity index (χ0) is 10.0. The van der Waals surface area contributed by atoms with Gasteiger partial charge in [-0.3, -0.25) is 0 Å². The molecule has 0 aliphatic carbocycles. The van der Waals surface area contributed by atoms with E-state index in [1.54, 1.807) is 18.2 Å². The Labute approximate surface area is 91.0 Å². The average molecular weight is 237 g/mol. The third-order valence-electron chi connectivity index (χ3n) is 1.37. The molecule has 0 aliphatic rings. The molecule has 3 nitrogen and oxygen atoms in total. The SMILES string of the molecule is NC(=O)N(S)c1cccc(Cl)c1Cl. The third-order valence-corrected chi connectivity index (χ3v) is 2.59. The lowest BCUT2D eigenvalue weighted by atomic mass is 10.3. The van der Waals surface area contributed by atoms with Gasteiger partial charge in [0.2, 0.25) is 0 Å². The second kappa shape index (κ2) is 4.09. The summed E-state index contributed by atoms with van der Waals surface area (Å²) < 4.78 is 0.925. The van der Waals surface area contributed by atoms with Crippen molar-refractivity contribution in [1.29, 1.82) is 0 Å². The molecule has 0 saturated carbocycles. The predicted octanol–water partition coefficient (Wildman–Crippen LogP) is 2.72. The Kier molecular flexibility index (Phi) is 3.30. The number of hydrogen-bond acceptors (Lipinski definition) is 2. The largest absolute Gasteiger partial charge is 0.350 e. The number of anilines is 1. The lowest BCUT2D eigenvalue weighted by molar-refractivity contribution is 0.257. The molecule has 0 radical (unpaired) electrons. The first kappa shape index (κ1) is 10.5. The fourth-order valence-electron chi connectivity index (χ4n) is 0.775. The highest BCUT2D eigenvalue weighted by Crippen LogP contribution is 2.32. The molecule has 0 atom stereocenters. The lowest BCUT2D eigenvalue weighted by Gasteiger charge is -2.14. The molecular formula is C7H6Cl2N2OS. The number of rotatable bonds is 1. The van der Waals surface area contributed by atoms with Crippen LogP contribution in [0.25, 0.3) is 0 Å². The van der Waals surface area contributed by atoms with E-state index >= 15 is 0 Å². The molecule has 6 heteroatoms. The Bertz CT molecular complexity index is 345. The molecule has 0 spiro atoms. The van der Waals surface area contributed by atoms with Crippen LogP contribution in [0.4, 0.5) is 10.5 Å². The molecule has 0 aromatic heterocycles. The summed E-state index contributed by atoms with van der Waals surface area (Å²) in [6, 6.07) is 4.13. The number of halogens is 2. The van der Waals surface area contributed by atoms with Gasteiger partial charge in [-0.15, -0.1) is 0 Å². The first-order valence-corrected chi connectivity index (χ1v) is 4.42. The molecule has 1 aromatic carbocycles. The highest BCUT2D eigenvalue weighted by molar-refractivity contribution is 7.82. The Balaban J connectivity index is 3.15. The lowest BCUT2D eigenvalue weighted by Crippen LogP contribution is -2.27. The molecule has 0 aliphatic heterocycles. The van der Waals surface area contributed by atoms with Crippen molar-refractivity contribution < 1.29 is 4.79 Å². The van der Waals surface area contributed by atoms with Crippen LogP contribution in [0.2, 0.25) is 10.0 Å². The quantitative estimate of drug-likeness (QED) is 0.725. The zero-order valence-corrected chi connectivity index (χ0v) is 8.77. The summed E-state index contributed by atoms with van der Waals surface area (Å²) >= 11 is 15.4. The van der Waals surface area contributed by atoms with E-state index in [0.717, 1.165) is 4.31 Å². The van der Waals surface area contributed by atoms with Crippen LogP contribution in [0.1, 0.15) is 0 Å². The normalized spacial score (nSPS) is 9.77. The zero-order valence-electron chi connectivity index (χ0n) is 6.37. The van der Waals surface area contributed by atoms with E-state index in [9.17, 15) is 4.79 Å². The first-order chi connectivity index (χ1) is 6.04. The van der Waals surface area contributed by atoms with Crippen molar-refractivity contribution in [3.63, 3.8) is 0 Å². The molecule has 0 unspecified atom stereocenters. The van der Waals surface area contributed by atoms with Crippen molar-refractivity contribution in [3.05, 3.63) is 28.2 Å². The van der Waals surface area contributed by atoms with Crippen molar-refractivity contribution in [2.75, 3.05) is 4.31 Å². The van der Waals surface area contributed by atoms with Gasteiger partial charge in [0.15, 0.2) is 0 Å². The van der Waals surface area contributed by atoms with Crippen molar-refractivity contribution in [3.8, 4) is 0 Å². The Hall–Kier alpha value is -0.580. The number of hydrogen-bond donors (Lipinski definition) is 2. The van der Waals surface area contributed by atoms with Crippen molar-refractivity contribution in [2.24, 2.45) is 5.73 Å². The number of carbonyl (C=O) groups is 1. The molecule has 0 saturated heterocycles. The van der Waals surface area contributed by atoms with Gasteiger partial charge in [-0.1, -0.05) is 42.1 Å². The summed E-state index contributed by atoms with van der Waals surface area (Å²) in [4.78, 5) is 10.7. The van der Waals surface area contributed by atoms with Gasteiger partial charge in [0.05, 0.1) is 15.7 Å². The number of primary amides is 1. The Morgan fingerprint density at radius 2 is 2.08 bits per heavy atom. The molecule has 2 amide bonds.